The number of nitrogens with one attached hydrogen (secondary N) is 1. The minimum Gasteiger partial charge on any atom is -0.495 e. The van der Waals surface area contributed by atoms with Gasteiger partial charge in [0.05, 0.1) is 18.9 Å². The van der Waals surface area contributed by atoms with Gasteiger partial charge < -0.3 is 24.6 Å². The summed E-state index contributed by atoms with van der Waals surface area (Å²) in [7, 11) is 3.62. The standard InChI is InChI=1S/C21H34N4O2/c1-4-27-18-10-13-24(14-11-18)21(22-2)23-15-17-9-12-25(16-17)19-7-5-6-8-20(19)26-3/h5-8,17-18H,4,9-16H2,1-3H3,(H,22,23). The molecule has 1 N–H and O–H groups in total. The smallest absolute Gasteiger partial charge is 0.193 e. The van der Waals surface area contributed by atoms with Crippen molar-refractivity contribution in [2.24, 2.45) is 10.9 Å². The number of nitrogens with zero attached hydrogens (tertiary/aromatic N) is 3. The third-order valence-electron chi connectivity index (χ3n) is 5.62. The molecule has 6 heteroatoms. The lowest BCUT2D eigenvalue weighted by molar-refractivity contribution is 0.0263. The van der Waals surface area contributed by atoms with Crippen LogP contribution in [0.3, 0.4) is 0 Å². The highest BCUT2D eigenvalue weighted by molar-refractivity contribution is 5.80. The molecule has 1 aromatic rings. The van der Waals surface area contributed by atoms with Crippen molar-refractivity contribution in [3.63, 3.8) is 0 Å². The quantitative estimate of drug-likeness (QED) is 0.613. The van der Waals surface area contributed by atoms with E-state index in [9.17, 15) is 0 Å². The highest BCUT2D eigenvalue weighted by Crippen LogP contribution is 2.31. The van der Waals surface area contributed by atoms with Gasteiger partial charge in [-0.25, -0.2) is 0 Å². The van der Waals surface area contributed by atoms with Gasteiger partial charge in [-0.1, -0.05) is 12.1 Å². The van der Waals surface area contributed by atoms with Crippen LogP contribution in [0.1, 0.15) is 26.2 Å². The molecule has 0 aliphatic carbocycles. The van der Waals surface area contributed by atoms with E-state index >= 15 is 0 Å². The van der Waals surface area contributed by atoms with Gasteiger partial charge in [0.25, 0.3) is 0 Å². The molecule has 2 aliphatic heterocycles. The number of anilines is 1. The molecule has 6 nitrogen and oxygen atoms in total. The molecule has 1 aromatic carbocycles. The molecule has 0 saturated carbocycles. The van der Waals surface area contributed by atoms with Gasteiger partial charge in [-0.05, 0) is 44.2 Å². The summed E-state index contributed by atoms with van der Waals surface area (Å²) in [4.78, 5) is 9.30. The Bertz CT molecular complexity index is 614. The Morgan fingerprint density at radius 2 is 1.96 bits per heavy atom. The zero-order chi connectivity index (χ0) is 19.1. The molecule has 0 bridgehead atoms. The molecule has 0 amide bonds. The number of guanidine groups is 1. The highest BCUT2D eigenvalue weighted by Gasteiger charge is 2.26. The summed E-state index contributed by atoms with van der Waals surface area (Å²) in [5.74, 6) is 2.60. The summed E-state index contributed by atoms with van der Waals surface area (Å²) in [6.45, 7) is 8.00. The van der Waals surface area contributed by atoms with Crippen molar-refractivity contribution in [1.82, 2.24) is 10.2 Å². The molecule has 2 saturated heterocycles. The Balaban J connectivity index is 1.47. The molecular formula is C21H34N4O2. The second-order valence-corrected chi connectivity index (χ2v) is 7.34. The number of methoxy groups -OCH3 is 1. The molecule has 27 heavy (non-hydrogen) atoms. The fourth-order valence-corrected chi connectivity index (χ4v) is 4.15. The number of aliphatic imine (C=N–C) groups is 1. The van der Waals surface area contributed by atoms with Gasteiger partial charge in [0.1, 0.15) is 5.75 Å². The number of likely N-dealkylation sites (tertiary alicyclic amines) is 1. The van der Waals surface area contributed by atoms with E-state index in [0.717, 1.165) is 63.9 Å². The lowest BCUT2D eigenvalue weighted by atomic mass is 10.1. The van der Waals surface area contributed by atoms with Gasteiger partial charge in [-0.15, -0.1) is 0 Å². The van der Waals surface area contributed by atoms with Crippen LogP contribution in [-0.2, 0) is 4.74 Å². The molecule has 2 fully saturated rings. The number of hydrogen-bond donors (Lipinski definition) is 1. The maximum atomic E-state index is 5.76. The molecule has 2 heterocycles. The minimum atomic E-state index is 0.411. The van der Waals surface area contributed by atoms with Crippen LogP contribution >= 0.6 is 0 Å². The molecular weight excluding hydrogens is 340 g/mol. The molecule has 0 spiro atoms. The first kappa shape index (κ1) is 19.8. The van der Waals surface area contributed by atoms with Crippen LogP contribution in [0.5, 0.6) is 5.75 Å². The summed E-state index contributed by atoms with van der Waals surface area (Å²) in [5.41, 5.74) is 1.20. The Hall–Kier alpha value is -1.95. The zero-order valence-corrected chi connectivity index (χ0v) is 17.0. The monoisotopic (exact) mass is 374 g/mol. The van der Waals surface area contributed by atoms with Crippen LogP contribution in [0.25, 0.3) is 0 Å². The number of hydrogen-bond acceptors (Lipinski definition) is 4. The van der Waals surface area contributed by atoms with Gasteiger partial charge >= 0.3 is 0 Å². The molecule has 1 atom stereocenters. The van der Waals surface area contributed by atoms with E-state index in [1.807, 2.05) is 19.2 Å². The predicted octanol–water partition coefficient (Wildman–Crippen LogP) is 2.60. The minimum absolute atomic E-state index is 0.411. The van der Waals surface area contributed by atoms with E-state index in [2.05, 4.69) is 39.2 Å². The van der Waals surface area contributed by atoms with Crippen molar-refractivity contribution in [2.45, 2.75) is 32.3 Å². The van der Waals surface area contributed by atoms with Crippen LogP contribution in [0, 0.1) is 5.92 Å². The van der Waals surface area contributed by atoms with E-state index in [0.29, 0.717) is 12.0 Å². The molecule has 1 unspecified atom stereocenters. The topological polar surface area (TPSA) is 49.3 Å². The highest BCUT2D eigenvalue weighted by atomic mass is 16.5. The third kappa shape index (κ3) is 5.06. The second kappa shape index (κ2) is 9.83. The summed E-state index contributed by atoms with van der Waals surface area (Å²) >= 11 is 0. The summed E-state index contributed by atoms with van der Waals surface area (Å²) < 4.78 is 11.3. The van der Waals surface area contributed by atoms with E-state index in [4.69, 9.17) is 9.47 Å². The molecule has 150 valence electrons. The lowest BCUT2D eigenvalue weighted by Gasteiger charge is -2.34. The fourth-order valence-electron chi connectivity index (χ4n) is 4.15. The van der Waals surface area contributed by atoms with Crippen LogP contribution in [0.4, 0.5) is 5.69 Å². The number of rotatable bonds is 6. The van der Waals surface area contributed by atoms with Gasteiger partial charge in [0, 0.05) is 46.4 Å². The number of ether oxygens (including phenoxy) is 2. The van der Waals surface area contributed by atoms with Gasteiger partial charge in [-0.3, -0.25) is 4.99 Å². The van der Waals surface area contributed by atoms with Crippen molar-refractivity contribution < 1.29 is 9.47 Å². The van der Waals surface area contributed by atoms with Crippen LogP contribution in [-0.4, -0.2) is 70.5 Å². The lowest BCUT2D eigenvalue weighted by Crippen LogP contribution is -2.48. The molecule has 0 radical (unpaired) electrons. The van der Waals surface area contributed by atoms with Crippen LogP contribution < -0.4 is 15.0 Å². The Morgan fingerprint density at radius 3 is 2.67 bits per heavy atom. The molecule has 3 rings (SSSR count). The van der Waals surface area contributed by atoms with Gasteiger partial charge in [0.2, 0.25) is 0 Å². The largest absolute Gasteiger partial charge is 0.495 e. The number of para-hydroxylation sites is 2. The van der Waals surface area contributed by atoms with Crippen molar-refractivity contribution in [1.29, 1.82) is 0 Å². The maximum Gasteiger partial charge on any atom is 0.193 e. The summed E-state index contributed by atoms with van der Waals surface area (Å²) in [6, 6.07) is 8.29. The van der Waals surface area contributed by atoms with E-state index in [1.54, 1.807) is 7.11 Å². The average Bonchev–Trinajstić information content (AvgIpc) is 3.18. The van der Waals surface area contributed by atoms with Gasteiger partial charge in [0.15, 0.2) is 5.96 Å². The van der Waals surface area contributed by atoms with E-state index < -0.39 is 0 Å². The van der Waals surface area contributed by atoms with Crippen LogP contribution in [0.15, 0.2) is 29.3 Å². The van der Waals surface area contributed by atoms with Crippen LogP contribution in [0.2, 0.25) is 0 Å². The predicted molar refractivity (Wildman–Crippen MR) is 111 cm³/mol. The molecule has 0 aromatic heterocycles. The van der Waals surface area contributed by atoms with Crippen molar-refractivity contribution in [3.05, 3.63) is 24.3 Å². The second-order valence-electron chi connectivity index (χ2n) is 7.34. The summed E-state index contributed by atoms with van der Waals surface area (Å²) in [6.07, 6.45) is 3.77. The molecule has 2 aliphatic rings. The van der Waals surface area contributed by atoms with Gasteiger partial charge in [-0.2, -0.15) is 0 Å². The number of benzene rings is 1. The number of piperidine rings is 1. The fraction of sp³-hybridized carbons (Fsp3) is 0.667. The van der Waals surface area contributed by atoms with Crippen molar-refractivity contribution in [2.75, 3.05) is 58.4 Å². The normalized spacial score (nSPS) is 21.6. The summed E-state index contributed by atoms with van der Waals surface area (Å²) in [5, 5.41) is 3.61. The van der Waals surface area contributed by atoms with Crippen molar-refractivity contribution >= 4 is 11.6 Å². The SMILES string of the molecule is CCOC1CCN(C(=NC)NCC2CCN(c3ccccc3OC)C2)CC1. The Morgan fingerprint density at radius 1 is 1.19 bits per heavy atom. The zero-order valence-electron chi connectivity index (χ0n) is 17.0. The average molecular weight is 375 g/mol. The van der Waals surface area contributed by atoms with Crippen molar-refractivity contribution in [3.8, 4) is 5.75 Å². The first-order valence-corrected chi connectivity index (χ1v) is 10.2. The van der Waals surface area contributed by atoms with E-state index in [1.165, 1.54) is 12.1 Å². The first-order valence-electron chi connectivity index (χ1n) is 10.2. The maximum absolute atomic E-state index is 5.76. The third-order valence-corrected chi connectivity index (χ3v) is 5.62. The van der Waals surface area contributed by atoms with E-state index in [-0.39, 0.29) is 0 Å². The Kier molecular flexibility index (Phi) is 7.21. The Labute approximate surface area is 163 Å². The first-order chi connectivity index (χ1) is 13.2.